The molecule has 0 bridgehead atoms. The van der Waals surface area contributed by atoms with Gasteiger partial charge in [-0.15, -0.1) is 0 Å². The number of unbranched alkanes of at least 4 members (excludes halogenated alkanes) is 12. The maximum Gasteiger partial charge on any atom is 0.306 e. The molecule has 0 amide bonds. The van der Waals surface area contributed by atoms with E-state index in [2.05, 4.69) is 203 Å². The first-order valence-electron chi connectivity index (χ1n) is 30.8. The molecule has 0 radical (unpaired) electrons. The van der Waals surface area contributed by atoms with Crippen molar-refractivity contribution < 1.29 is 28.6 Å². The van der Waals surface area contributed by atoms with Crippen molar-refractivity contribution in [1.82, 2.24) is 0 Å². The van der Waals surface area contributed by atoms with E-state index in [-0.39, 0.29) is 38.0 Å². The number of allylic oxidation sites excluding steroid dienone is 30. The minimum atomic E-state index is -0.846. The minimum absolute atomic E-state index is 0.132. The average molecular weight is 1070 g/mol. The van der Waals surface area contributed by atoms with Gasteiger partial charge in [-0.05, 0) is 148 Å². The number of hydrogen-bond acceptors (Lipinski definition) is 6. The highest BCUT2D eigenvalue weighted by Crippen LogP contribution is 2.12. The quantitative estimate of drug-likeness (QED) is 0.0261. The number of carbonyl (C=O) groups is 3. The van der Waals surface area contributed by atoms with Crippen LogP contribution in [0.25, 0.3) is 0 Å². The van der Waals surface area contributed by atoms with Crippen LogP contribution in [0.3, 0.4) is 0 Å². The van der Waals surface area contributed by atoms with Crippen LogP contribution in [-0.2, 0) is 28.6 Å². The Labute approximate surface area is 478 Å². The van der Waals surface area contributed by atoms with Crippen LogP contribution in [0.4, 0.5) is 0 Å². The molecule has 0 rings (SSSR count). The number of carbonyl (C=O) groups excluding carboxylic acids is 3. The molecular formula is C72H110O6. The van der Waals surface area contributed by atoms with Crippen LogP contribution in [0, 0.1) is 0 Å². The molecule has 0 aliphatic heterocycles. The second-order valence-corrected chi connectivity index (χ2v) is 19.5. The van der Waals surface area contributed by atoms with E-state index in [4.69, 9.17) is 14.2 Å². The van der Waals surface area contributed by atoms with Crippen LogP contribution < -0.4 is 0 Å². The molecule has 78 heavy (non-hydrogen) atoms. The molecular weight excluding hydrogens is 961 g/mol. The molecule has 0 heterocycles. The molecule has 0 saturated carbocycles. The summed E-state index contributed by atoms with van der Waals surface area (Å²) in [6.07, 6.45) is 96.2. The number of rotatable bonds is 53. The number of esters is 3. The smallest absolute Gasteiger partial charge is 0.306 e. The van der Waals surface area contributed by atoms with Gasteiger partial charge < -0.3 is 14.2 Å². The molecule has 6 heteroatoms. The average Bonchev–Trinajstić information content (AvgIpc) is 3.44. The third-order valence-electron chi connectivity index (χ3n) is 12.1. The lowest BCUT2D eigenvalue weighted by Gasteiger charge is -2.18. The van der Waals surface area contributed by atoms with E-state index in [0.29, 0.717) is 19.3 Å². The van der Waals surface area contributed by atoms with E-state index in [1.54, 1.807) is 0 Å². The zero-order valence-electron chi connectivity index (χ0n) is 49.6. The number of ether oxygens (including phenoxy) is 3. The summed E-state index contributed by atoms with van der Waals surface area (Å²) < 4.78 is 16.8. The van der Waals surface area contributed by atoms with Crippen molar-refractivity contribution in [2.45, 2.75) is 239 Å². The molecule has 0 spiro atoms. The van der Waals surface area contributed by atoms with Crippen molar-refractivity contribution in [2.75, 3.05) is 13.2 Å². The fourth-order valence-corrected chi connectivity index (χ4v) is 7.59. The SMILES string of the molecule is CC/C=C\C/C=C\C/C=C\C/C=C\C/C=C\C/C=C\C/C=C\C/C=C\C/C=C\CCCC(=O)OCC(COC(=O)CCCCCCC/C=C\CCCCCCC)OC(=O)CCC/C=C\C/C=C\C/C=C\C/C=C\C/C=C\CC. The summed E-state index contributed by atoms with van der Waals surface area (Å²) in [5.41, 5.74) is 0. The largest absolute Gasteiger partial charge is 0.462 e. The van der Waals surface area contributed by atoms with E-state index in [0.717, 1.165) is 135 Å². The lowest BCUT2D eigenvalue weighted by Crippen LogP contribution is -2.30. The highest BCUT2D eigenvalue weighted by molar-refractivity contribution is 5.71. The van der Waals surface area contributed by atoms with Gasteiger partial charge in [0.15, 0.2) is 6.10 Å². The summed E-state index contributed by atoms with van der Waals surface area (Å²) in [6, 6.07) is 0. The molecule has 1 unspecified atom stereocenters. The number of hydrogen-bond donors (Lipinski definition) is 0. The topological polar surface area (TPSA) is 78.9 Å². The molecule has 0 aromatic rings. The van der Waals surface area contributed by atoms with Gasteiger partial charge in [-0.25, -0.2) is 0 Å². The van der Waals surface area contributed by atoms with Crippen molar-refractivity contribution in [1.29, 1.82) is 0 Å². The highest BCUT2D eigenvalue weighted by Gasteiger charge is 2.19. The minimum Gasteiger partial charge on any atom is -0.462 e. The monoisotopic (exact) mass is 1070 g/mol. The van der Waals surface area contributed by atoms with Gasteiger partial charge in [-0.1, -0.05) is 248 Å². The normalized spacial score (nSPS) is 13.4. The Morgan fingerprint density at radius 3 is 0.846 bits per heavy atom. The Hall–Kier alpha value is -5.49. The van der Waals surface area contributed by atoms with Crippen LogP contribution in [0.2, 0.25) is 0 Å². The van der Waals surface area contributed by atoms with Crippen LogP contribution in [0.5, 0.6) is 0 Å². The van der Waals surface area contributed by atoms with E-state index in [9.17, 15) is 14.4 Å². The van der Waals surface area contributed by atoms with E-state index in [1.807, 2.05) is 0 Å². The van der Waals surface area contributed by atoms with Gasteiger partial charge in [0.2, 0.25) is 0 Å². The van der Waals surface area contributed by atoms with Crippen LogP contribution >= 0.6 is 0 Å². The zero-order valence-corrected chi connectivity index (χ0v) is 49.6. The second-order valence-electron chi connectivity index (χ2n) is 19.5. The van der Waals surface area contributed by atoms with Gasteiger partial charge in [0.05, 0.1) is 0 Å². The predicted octanol–water partition coefficient (Wildman–Crippen LogP) is 21.3. The first kappa shape index (κ1) is 72.5. The third kappa shape index (κ3) is 61.4. The van der Waals surface area contributed by atoms with Gasteiger partial charge in [-0.2, -0.15) is 0 Å². The molecule has 0 saturated heterocycles. The maximum atomic E-state index is 12.9. The summed E-state index contributed by atoms with van der Waals surface area (Å²) in [6.45, 7) is 6.28. The molecule has 0 fully saturated rings. The second kappa shape index (κ2) is 64.0. The Bertz CT molecular complexity index is 1850. The van der Waals surface area contributed by atoms with Gasteiger partial charge in [0, 0.05) is 19.3 Å². The van der Waals surface area contributed by atoms with E-state index < -0.39 is 12.1 Å². The Morgan fingerprint density at radius 2 is 0.513 bits per heavy atom. The Balaban J connectivity index is 4.55. The van der Waals surface area contributed by atoms with Crippen molar-refractivity contribution in [3.8, 4) is 0 Å². The van der Waals surface area contributed by atoms with Gasteiger partial charge in [0.1, 0.15) is 13.2 Å². The standard InChI is InChI=1S/C72H110O6/c1-4-7-10-13-16-19-22-25-28-30-31-32-33-34-35-36-37-38-39-40-41-43-44-47-50-53-56-59-62-65-71(74)77-68-69(67-76-70(73)64-61-58-55-52-49-46-27-24-21-18-15-12-9-6-3)78-72(75)66-63-60-57-54-51-48-45-42-29-26-23-20-17-14-11-8-5-2/h7-8,10-11,16-17,19-20,24-29,31-32,34-35,37-38,40-41,44-45,47-48,53-54,56-57,69H,4-6,9,12-15,18,21-23,30,33,36,39,42-43,46,49-52,55,58-68H2,1-3H3/b10-7-,11-8-,19-16-,20-17-,27-24-,28-25-,29-26-,32-31-,35-34-,38-37-,41-40-,47-44-,48-45-,56-53-,57-54-. The summed E-state index contributed by atoms with van der Waals surface area (Å²) in [5, 5.41) is 0. The summed E-state index contributed by atoms with van der Waals surface area (Å²) in [7, 11) is 0. The van der Waals surface area contributed by atoms with Crippen LogP contribution in [-0.4, -0.2) is 37.2 Å². The first-order valence-corrected chi connectivity index (χ1v) is 30.8. The molecule has 0 aliphatic carbocycles. The lowest BCUT2D eigenvalue weighted by atomic mass is 10.1. The molecule has 0 aliphatic rings. The fourth-order valence-electron chi connectivity index (χ4n) is 7.59. The highest BCUT2D eigenvalue weighted by atomic mass is 16.6. The van der Waals surface area contributed by atoms with Crippen LogP contribution in [0.1, 0.15) is 233 Å². The van der Waals surface area contributed by atoms with Gasteiger partial charge >= 0.3 is 17.9 Å². The molecule has 1 atom stereocenters. The van der Waals surface area contributed by atoms with Gasteiger partial charge in [0.25, 0.3) is 0 Å². The molecule has 434 valence electrons. The molecule has 6 nitrogen and oxygen atoms in total. The Morgan fingerprint density at radius 1 is 0.269 bits per heavy atom. The summed E-state index contributed by atoms with van der Waals surface area (Å²) >= 11 is 0. The molecule has 0 N–H and O–H groups in total. The van der Waals surface area contributed by atoms with Crippen LogP contribution in [0.15, 0.2) is 182 Å². The maximum absolute atomic E-state index is 12.9. The van der Waals surface area contributed by atoms with Crippen molar-refractivity contribution >= 4 is 17.9 Å². The zero-order chi connectivity index (χ0) is 56.4. The van der Waals surface area contributed by atoms with Crippen molar-refractivity contribution in [2.24, 2.45) is 0 Å². The summed E-state index contributed by atoms with van der Waals surface area (Å²) in [4.78, 5) is 38.2. The van der Waals surface area contributed by atoms with Crippen molar-refractivity contribution in [3.63, 3.8) is 0 Å². The molecule has 0 aromatic heterocycles. The van der Waals surface area contributed by atoms with E-state index >= 15 is 0 Å². The summed E-state index contributed by atoms with van der Waals surface area (Å²) in [5.74, 6) is -1.07. The third-order valence-corrected chi connectivity index (χ3v) is 12.1. The van der Waals surface area contributed by atoms with E-state index in [1.165, 1.54) is 44.9 Å². The van der Waals surface area contributed by atoms with Gasteiger partial charge in [-0.3, -0.25) is 14.4 Å². The Kier molecular flexibility index (Phi) is 59.5. The fraction of sp³-hybridized carbons (Fsp3) is 0.542. The van der Waals surface area contributed by atoms with Crippen molar-refractivity contribution in [3.05, 3.63) is 182 Å². The molecule has 0 aromatic carbocycles. The lowest BCUT2D eigenvalue weighted by molar-refractivity contribution is -0.167. The predicted molar refractivity (Wildman–Crippen MR) is 338 cm³/mol. The first-order chi connectivity index (χ1) is 38.5.